The molecule has 0 saturated carbocycles. The maximum Gasteiger partial charge on any atom is 0.0606 e. The monoisotopic (exact) mass is 357 g/mol. The standard InChI is InChI=1S/C12H9Br2NS/c13-7-1-3-9-11(5-7)16-12-6-8(14)2-4-10(12)15-9/h1-6,9,11,15H. The zero-order valence-electron chi connectivity index (χ0n) is 8.28. The molecule has 1 N–H and O–H groups in total. The number of thioether (sulfide) groups is 1. The number of hydrogen-bond donors (Lipinski definition) is 1. The van der Waals surface area contributed by atoms with Gasteiger partial charge in [-0.15, -0.1) is 11.8 Å². The largest absolute Gasteiger partial charge is 0.376 e. The van der Waals surface area contributed by atoms with Crippen molar-refractivity contribution in [2.24, 2.45) is 0 Å². The van der Waals surface area contributed by atoms with Gasteiger partial charge in [0.15, 0.2) is 0 Å². The summed E-state index contributed by atoms with van der Waals surface area (Å²) in [6, 6.07) is 6.78. The Morgan fingerprint density at radius 3 is 3.00 bits per heavy atom. The fraction of sp³-hybridized carbons (Fsp3) is 0.167. The van der Waals surface area contributed by atoms with Gasteiger partial charge in [0, 0.05) is 19.5 Å². The Labute approximate surface area is 116 Å². The molecule has 2 atom stereocenters. The Kier molecular flexibility index (Phi) is 2.90. The molecule has 2 aliphatic rings. The van der Waals surface area contributed by atoms with Gasteiger partial charge >= 0.3 is 0 Å². The number of hydrogen-bond acceptors (Lipinski definition) is 2. The van der Waals surface area contributed by atoms with Gasteiger partial charge in [0.2, 0.25) is 0 Å². The smallest absolute Gasteiger partial charge is 0.0606 e. The minimum Gasteiger partial charge on any atom is -0.376 e. The second-order valence-electron chi connectivity index (χ2n) is 3.80. The van der Waals surface area contributed by atoms with Gasteiger partial charge in [0.1, 0.15) is 0 Å². The first kappa shape index (κ1) is 10.9. The maximum absolute atomic E-state index is 3.55. The molecule has 4 heteroatoms. The van der Waals surface area contributed by atoms with Crippen LogP contribution in [0.2, 0.25) is 0 Å². The van der Waals surface area contributed by atoms with Gasteiger partial charge in [-0.25, -0.2) is 0 Å². The van der Waals surface area contributed by atoms with Crippen molar-refractivity contribution < 1.29 is 0 Å². The van der Waals surface area contributed by atoms with Crippen LogP contribution in [-0.2, 0) is 0 Å². The lowest BCUT2D eigenvalue weighted by molar-refractivity contribution is 0.878. The molecule has 0 aromatic heterocycles. The first-order valence-electron chi connectivity index (χ1n) is 5.01. The molecule has 0 saturated heterocycles. The molecule has 0 spiro atoms. The van der Waals surface area contributed by atoms with Crippen LogP contribution >= 0.6 is 43.6 Å². The molecule has 0 fully saturated rings. The van der Waals surface area contributed by atoms with E-state index < -0.39 is 0 Å². The Hall–Kier alpha value is -0.190. The van der Waals surface area contributed by atoms with E-state index in [0.29, 0.717) is 11.3 Å². The molecule has 82 valence electrons. The van der Waals surface area contributed by atoms with Gasteiger partial charge in [0.25, 0.3) is 0 Å². The minimum atomic E-state index is 0.403. The summed E-state index contributed by atoms with van der Waals surface area (Å²) >= 11 is 8.95. The van der Waals surface area contributed by atoms with E-state index in [-0.39, 0.29) is 0 Å². The summed E-state index contributed by atoms with van der Waals surface area (Å²) in [6.45, 7) is 0. The van der Waals surface area contributed by atoms with Crippen molar-refractivity contribution in [2.75, 3.05) is 5.32 Å². The third-order valence-electron chi connectivity index (χ3n) is 2.67. The molecule has 1 heterocycles. The highest BCUT2D eigenvalue weighted by molar-refractivity contribution is 9.12. The summed E-state index contributed by atoms with van der Waals surface area (Å²) in [7, 11) is 0. The van der Waals surface area contributed by atoms with Crippen LogP contribution < -0.4 is 5.32 Å². The van der Waals surface area contributed by atoms with Crippen molar-refractivity contribution in [2.45, 2.75) is 16.2 Å². The first-order valence-corrected chi connectivity index (χ1v) is 7.47. The average molecular weight is 359 g/mol. The normalized spacial score (nSPS) is 26.5. The van der Waals surface area contributed by atoms with Crippen molar-refractivity contribution in [3.05, 3.63) is 45.4 Å². The SMILES string of the molecule is BrC1=CC2Sc3cc(Br)ccc3NC2C=C1. The second-order valence-corrected chi connectivity index (χ2v) is 6.85. The molecule has 1 aromatic carbocycles. The van der Waals surface area contributed by atoms with Gasteiger partial charge < -0.3 is 5.32 Å². The summed E-state index contributed by atoms with van der Waals surface area (Å²) in [4.78, 5) is 1.31. The Morgan fingerprint density at radius 2 is 2.12 bits per heavy atom. The Morgan fingerprint density at radius 1 is 1.25 bits per heavy atom. The van der Waals surface area contributed by atoms with E-state index in [2.05, 4.69) is 73.6 Å². The summed E-state index contributed by atoms with van der Waals surface area (Å²) in [5.74, 6) is 0. The summed E-state index contributed by atoms with van der Waals surface area (Å²) in [5.41, 5.74) is 1.23. The number of rotatable bonds is 0. The highest BCUT2D eigenvalue weighted by atomic mass is 79.9. The molecular formula is C12H9Br2NS. The number of benzene rings is 1. The maximum atomic E-state index is 3.55. The van der Waals surface area contributed by atoms with Crippen molar-refractivity contribution in [3.8, 4) is 0 Å². The minimum absolute atomic E-state index is 0.403. The molecule has 1 aliphatic carbocycles. The van der Waals surface area contributed by atoms with Crippen LogP contribution in [0, 0.1) is 0 Å². The van der Waals surface area contributed by atoms with E-state index in [1.165, 1.54) is 15.1 Å². The summed E-state index contributed by atoms with van der Waals surface area (Å²) < 4.78 is 2.30. The first-order chi connectivity index (χ1) is 7.72. The molecule has 0 radical (unpaired) electrons. The van der Waals surface area contributed by atoms with Crippen LogP contribution in [0.25, 0.3) is 0 Å². The predicted molar refractivity (Wildman–Crippen MR) is 77.3 cm³/mol. The summed E-state index contributed by atoms with van der Waals surface area (Å²) in [6.07, 6.45) is 6.58. The Balaban J connectivity index is 1.98. The van der Waals surface area contributed by atoms with E-state index in [1.54, 1.807) is 0 Å². The van der Waals surface area contributed by atoms with E-state index in [9.17, 15) is 0 Å². The van der Waals surface area contributed by atoms with E-state index in [1.807, 2.05) is 11.8 Å². The third-order valence-corrected chi connectivity index (χ3v) is 4.98. The van der Waals surface area contributed by atoms with Crippen LogP contribution in [0.4, 0.5) is 5.69 Å². The zero-order chi connectivity index (χ0) is 11.1. The van der Waals surface area contributed by atoms with Gasteiger partial charge in [-0.3, -0.25) is 0 Å². The lowest BCUT2D eigenvalue weighted by atomic mass is 10.1. The molecule has 2 unspecified atom stereocenters. The second kappa shape index (κ2) is 4.24. The number of fused-ring (bicyclic) bond motifs is 2. The lowest BCUT2D eigenvalue weighted by Gasteiger charge is -2.32. The quantitative estimate of drug-likeness (QED) is 0.729. The molecule has 3 rings (SSSR count). The molecule has 1 aliphatic heterocycles. The van der Waals surface area contributed by atoms with Gasteiger partial charge in [-0.2, -0.15) is 0 Å². The van der Waals surface area contributed by atoms with Crippen LogP contribution in [-0.4, -0.2) is 11.3 Å². The topological polar surface area (TPSA) is 12.0 Å². The molecular weight excluding hydrogens is 350 g/mol. The van der Waals surface area contributed by atoms with E-state index in [0.717, 1.165) is 4.47 Å². The molecule has 16 heavy (non-hydrogen) atoms. The van der Waals surface area contributed by atoms with E-state index in [4.69, 9.17) is 0 Å². The number of allylic oxidation sites excluding steroid dienone is 2. The van der Waals surface area contributed by atoms with Gasteiger partial charge in [0.05, 0.1) is 11.3 Å². The third kappa shape index (κ3) is 1.98. The van der Waals surface area contributed by atoms with Crippen molar-refractivity contribution in [1.82, 2.24) is 0 Å². The summed E-state index contributed by atoms with van der Waals surface area (Å²) in [5, 5.41) is 4.03. The van der Waals surface area contributed by atoms with E-state index >= 15 is 0 Å². The lowest BCUT2D eigenvalue weighted by Crippen LogP contribution is -2.33. The van der Waals surface area contributed by atoms with Gasteiger partial charge in [-0.1, -0.05) is 50.1 Å². The predicted octanol–water partition coefficient (Wildman–Crippen LogP) is 4.55. The molecule has 0 bridgehead atoms. The van der Waals surface area contributed by atoms with Crippen LogP contribution in [0.1, 0.15) is 0 Å². The van der Waals surface area contributed by atoms with Crippen molar-refractivity contribution in [3.63, 3.8) is 0 Å². The van der Waals surface area contributed by atoms with Gasteiger partial charge in [-0.05, 0) is 18.2 Å². The number of halogens is 2. The average Bonchev–Trinajstić information content (AvgIpc) is 2.26. The Bertz CT molecular complexity index is 496. The zero-order valence-corrected chi connectivity index (χ0v) is 12.3. The molecule has 0 amide bonds. The van der Waals surface area contributed by atoms with Crippen molar-refractivity contribution >= 4 is 49.3 Å². The molecule has 1 nitrogen and oxygen atoms in total. The van der Waals surface area contributed by atoms with Crippen LogP contribution in [0.5, 0.6) is 0 Å². The van der Waals surface area contributed by atoms with Crippen LogP contribution in [0.15, 0.2) is 50.3 Å². The molecule has 1 aromatic rings. The fourth-order valence-electron chi connectivity index (χ4n) is 1.90. The highest BCUT2D eigenvalue weighted by Gasteiger charge is 2.27. The fourth-order valence-corrected chi connectivity index (χ4v) is 4.29. The van der Waals surface area contributed by atoms with Crippen molar-refractivity contribution in [1.29, 1.82) is 0 Å². The number of anilines is 1. The highest BCUT2D eigenvalue weighted by Crippen LogP contribution is 2.42. The number of nitrogens with one attached hydrogen (secondary N) is 1. The van der Waals surface area contributed by atoms with Crippen LogP contribution in [0.3, 0.4) is 0 Å².